The van der Waals surface area contributed by atoms with E-state index in [0.29, 0.717) is 37.5 Å². The van der Waals surface area contributed by atoms with Gasteiger partial charge in [-0.25, -0.2) is 0 Å². The van der Waals surface area contributed by atoms with Crippen molar-refractivity contribution in [2.75, 3.05) is 0 Å². The smallest absolute Gasteiger partial charge is 0.490 e. The number of fused-ring (bicyclic) bond motifs is 1. The predicted octanol–water partition coefficient (Wildman–Crippen LogP) is 5.73. The lowest BCUT2D eigenvalue weighted by Gasteiger charge is -2.44. The number of hydrogen-bond donors (Lipinski definition) is 2. The van der Waals surface area contributed by atoms with Gasteiger partial charge in [-0.1, -0.05) is 19.1 Å². The van der Waals surface area contributed by atoms with Gasteiger partial charge in [0, 0.05) is 23.0 Å². The standard InChI is InChI=1S/C26H29F3N2O3/c1-3-23(30)25(18-5-4-6-20(15-18)34-26(27,28)29)10-7-19(8-11-25)33-22-14-17-9-12-31-24(32)21(17)13-16(22)2/h4-6,9,12-15,19,23H,3,7-8,10-11,30H2,1-2H3,(H,31,32)/t19-,23-,25-/m1/s1. The Labute approximate surface area is 196 Å². The number of ether oxygens (including phenoxy) is 2. The maximum atomic E-state index is 12.8. The van der Waals surface area contributed by atoms with Gasteiger partial charge < -0.3 is 20.2 Å². The van der Waals surface area contributed by atoms with E-state index < -0.39 is 11.8 Å². The van der Waals surface area contributed by atoms with Crippen LogP contribution in [0.15, 0.2) is 53.5 Å². The van der Waals surface area contributed by atoms with E-state index in [1.54, 1.807) is 12.3 Å². The third kappa shape index (κ3) is 4.92. The molecule has 3 N–H and O–H groups in total. The number of H-pyrrole nitrogens is 1. The zero-order chi connectivity index (χ0) is 24.5. The molecule has 3 aromatic rings. The second-order valence-corrected chi connectivity index (χ2v) is 9.08. The first-order valence-corrected chi connectivity index (χ1v) is 11.5. The number of nitrogens with two attached hydrogens (primary N) is 1. The molecular weight excluding hydrogens is 445 g/mol. The summed E-state index contributed by atoms with van der Waals surface area (Å²) in [5.41, 5.74) is 7.61. The van der Waals surface area contributed by atoms with Crippen LogP contribution in [0.2, 0.25) is 0 Å². The SMILES string of the molecule is CC[C@@H](N)[C@]1(c2cccc(OC(F)(F)F)c2)CC[C@@H](Oc2cc3cc[nH]c(=O)c3cc2C)CC1. The van der Waals surface area contributed by atoms with Crippen LogP contribution < -0.4 is 20.8 Å². The van der Waals surface area contributed by atoms with Crippen LogP contribution in [0.4, 0.5) is 13.2 Å². The van der Waals surface area contributed by atoms with Gasteiger partial charge in [0.1, 0.15) is 11.5 Å². The highest BCUT2D eigenvalue weighted by Crippen LogP contribution is 2.44. The Kier molecular flexibility index (Phi) is 6.62. The van der Waals surface area contributed by atoms with Crippen LogP contribution in [-0.2, 0) is 5.41 Å². The third-order valence-electron chi connectivity index (χ3n) is 6.98. The number of pyridine rings is 1. The van der Waals surface area contributed by atoms with Crippen molar-refractivity contribution in [3.05, 3.63) is 70.1 Å². The van der Waals surface area contributed by atoms with Crippen molar-refractivity contribution >= 4 is 10.8 Å². The van der Waals surface area contributed by atoms with E-state index in [1.807, 2.05) is 38.1 Å². The number of benzene rings is 2. The van der Waals surface area contributed by atoms with Crippen LogP contribution in [-0.4, -0.2) is 23.5 Å². The molecule has 1 aromatic heterocycles. The van der Waals surface area contributed by atoms with Crippen molar-refractivity contribution < 1.29 is 22.6 Å². The number of alkyl halides is 3. The third-order valence-corrected chi connectivity index (χ3v) is 6.98. The van der Waals surface area contributed by atoms with Crippen LogP contribution in [0.1, 0.15) is 50.2 Å². The number of aromatic amines is 1. The van der Waals surface area contributed by atoms with Gasteiger partial charge in [0.05, 0.1) is 6.10 Å². The van der Waals surface area contributed by atoms with Crippen LogP contribution in [0, 0.1) is 6.92 Å². The minimum absolute atomic E-state index is 0.0510. The van der Waals surface area contributed by atoms with Gasteiger partial charge >= 0.3 is 6.36 Å². The van der Waals surface area contributed by atoms with Crippen molar-refractivity contribution in [3.8, 4) is 11.5 Å². The van der Waals surface area contributed by atoms with Crippen molar-refractivity contribution in [1.29, 1.82) is 0 Å². The Bertz CT molecular complexity index is 1210. The summed E-state index contributed by atoms with van der Waals surface area (Å²) < 4.78 is 48.8. The van der Waals surface area contributed by atoms with Gasteiger partial charge in [-0.05, 0) is 85.9 Å². The van der Waals surface area contributed by atoms with Gasteiger partial charge in [0.15, 0.2) is 0 Å². The second kappa shape index (κ2) is 9.33. The molecule has 0 amide bonds. The van der Waals surface area contributed by atoms with Crippen LogP contribution in [0.5, 0.6) is 11.5 Å². The molecule has 182 valence electrons. The molecule has 1 atom stereocenters. The van der Waals surface area contributed by atoms with E-state index in [9.17, 15) is 18.0 Å². The van der Waals surface area contributed by atoms with Crippen LogP contribution >= 0.6 is 0 Å². The highest BCUT2D eigenvalue weighted by Gasteiger charge is 2.42. The van der Waals surface area contributed by atoms with E-state index in [2.05, 4.69) is 9.72 Å². The molecule has 1 fully saturated rings. The van der Waals surface area contributed by atoms with Gasteiger partial charge in [-0.2, -0.15) is 0 Å². The number of hydrogen-bond acceptors (Lipinski definition) is 4. The molecule has 8 heteroatoms. The zero-order valence-electron chi connectivity index (χ0n) is 19.2. The fourth-order valence-electron chi connectivity index (χ4n) is 5.12. The number of aryl methyl sites for hydroxylation is 1. The quantitative estimate of drug-likeness (QED) is 0.478. The Balaban J connectivity index is 1.55. The van der Waals surface area contributed by atoms with Gasteiger partial charge in [0.25, 0.3) is 5.56 Å². The summed E-state index contributed by atoms with van der Waals surface area (Å²) in [6.07, 6.45) is 0.325. The van der Waals surface area contributed by atoms with Gasteiger partial charge in [-0.3, -0.25) is 4.79 Å². The average molecular weight is 475 g/mol. The van der Waals surface area contributed by atoms with Crippen molar-refractivity contribution in [2.24, 2.45) is 5.73 Å². The molecular formula is C26H29F3N2O3. The van der Waals surface area contributed by atoms with Crippen molar-refractivity contribution in [1.82, 2.24) is 4.98 Å². The summed E-state index contributed by atoms with van der Waals surface area (Å²) in [5, 5.41) is 1.42. The van der Waals surface area contributed by atoms with Crippen LogP contribution in [0.25, 0.3) is 10.8 Å². The first-order valence-electron chi connectivity index (χ1n) is 11.5. The second-order valence-electron chi connectivity index (χ2n) is 9.08. The number of halogens is 3. The number of aromatic nitrogens is 1. The Hall–Kier alpha value is -3.00. The molecule has 1 heterocycles. The lowest BCUT2D eigenvalue weighted by Crippen LogP contribution is -2.48. The topological polar surface area (TPSA) is 77.3 Å². The summed E-state index contributed by atoms with van der Waals surface area (Å²) in [7, 11) is 0. The summed E-state index contributed by atoms with van der Waals surface area (Å²) in [6, 6.07) is 11.6. The highest BCUT2D eigenvalue weighted by atomic mass is 19.4. The predicted molar refractivity (Wildman–Crippen MR) is 125 cm³/mol. The van der Waals surface area contributed by atoms with Crippen LogP contribution in [0.3, 0.4) is 0 Å². The summed E-state index contributed by atoms with van der Waals surface area (Å²) in [4.78, 5) is 14.7. The molecule has 0 aliphatic heterocycles. The molecule has 0 unspecified atom stereocenters. The van der Waals surface area contributed by atoms with Crippen molar-refractivity contribution in [2.45, 2.75) is 69.9 Å². The molecule has 1 saturated carbocycles. The van der Waals surface area contributed by atoms with Gasteiger partial charge in [0.2, 0.25) is 0 Å². The van der Waals surface area contributed by atoms with E-state index in [0.717, 1.165) is 22.3 Å². The molecule has 1 aliphatic carbocycles. The lowest BCUT2D eigenvalue weighted by atomic mass is 9.64. The first-order chi connectivity index (χ1) is 16.1. The molecule has 2 aromatic carbocycles. The fraction of sp³-hybridized carbons (Fsp3) is 0.423. The minimum Gasteiger partial charge on any atom is -0.490 e. The number of nitrogens with one attached hydrogen (secondary N) is 1. The zero-order valence-corrected chi connectivity index (χ0v) is 19.2. The molecule has 0 bridgehead atoms. The lowest BCUT2D eigenvalue weighted by molar-refractivity contribution is -0.274. The van der Waals surface area contributed by atoms with E-state index in [1.165, 1.54) is 12.1 Å². The van der Waals surface area contributed by atoms with E-state index in [4.69, 9.17) is 10.5 Å². The summed E-state index contributed by atoms with van der Waals surface area (Å²) >= 11 is 0. The van der Waals surface area contributed by atoms with Crippen molar-refractivity contribution in [3.63, 3.8) is 0 Å². The summed E-state index contributed by atoms with van der Waals surface area (Å²) in [5.74, 6) is 0.504. The molecule has 34 heavy (non-hydrogen) atoms. The number of rotatable bonds is 6. The molecule has 0 spiro atoms. The maximum Gasteiger partial charge on any atom is 0.573 e. The van der Waals surface area contributed by atoms with E-state index >= 15 is 0 Å². The fourth-order valence-corrected chi connectivity index (χ4v) is 5.12. The molecule has 0 radical (unpaired) electrons. The van der Waals surface area contributed by atoms with E-state index in [-0.39, 0.29) is 23.5 Å². The molecule has 0 saturated heterocycles. The Morgan fingerprint density at radius 1 is 1.18 bits per heavy atom. The first kappa shape index (κ1) is 24.1. The highest BCUT2D eigenvalue weighted by molar-refractivity contribution is 5.83. The molecule has 4 rings (SSSR count). The summed E-state index contributed by atoms with van der Waals surface area (Å²) in [6.45, 7) is 3.90. The monoisotopic (exact) mass is 474 g/mol. The average Bonchev–Trinajstić information content (AvgIpc) is 2.79. The van der Waals surface area contributed by atoms with Gasteiger partial charge in [-0.15, -0.1) is 13.2 Å². The normalized spacial score (nSPS) is 21.9. The minimum atomic E-state index is -4.74. The largest absolute Gasteiger partial charge is 0.573 e. The Morgan fingerprint density at radius 3 is 2.59 bits per heavy atom. The molecule has 5 nitrogen and oxygen atoms in total. The molecule has 1 aliphatic rings. The Morgan fingerprint density at radius 2 is 1.91 bits per heavy atom. The maximum absolute atomic E-state index is 12.8.